The number of hydrogen-bond donors (Lipinski definition) is 2. The molecular formula is C19H23ClF3N7O2. The molecule has 9 nitrogen and oxygen atoms in total. The number of nitrogens with zero attached hydrogens (tertiary/aromatic N) is 6. The van der Waals surface area contributed by atoms with Crippen molar-refractivity contribution in [2.24, 2.45) is 5.11 Å². The third-order valence-electron chi connectivity index (χ3n) is 5.03. The number of halogens is 4. The molecule has 1 saturated heterocycles. The van der Waals surface area contributed by atoms with Crippen LogP contribution in [0, 0.1) is 6.92 Å². The van der Waals surface area contributed by atoms with Crippen LogP contribution in [0.15, 0.2) is 29.5 Å². The fourth-order valence-corrected chi connectivity index (χ4v) is 3.46. The van der Waals surface area contributed by atoms with Crippen LogP contribution >= 0.6 is 12.4 Å². The predicted molar refractivity (Wildman–Crippen MR) is 112 cm³/mol. The Balaban J connectivity index is 0.00000363. The van der Waals surface area contributed by atoms with Gasteiger partial charge in [0.1, 0.15) is 23.7 Å². The number of ether oxygens (including phenoxy) is 1. The number of aryl methyl sites for hydroxylation is 1. The Morgan fingerprint density at radius 2 is 2.00 bits per heavy atom. The van der Waals surface area contributed by atoms with Crippen LogP contribution in [0.25, 0.3) is 10.4 Å². The van der Waals surface area contributed by atoms with E-state index in [0.29, 0.717) is 17.1 Å². The summed E-state index contributed by atoms with van der Waals surface area (Å²) in [7, 11) is 0. The second kappa shape index (κ2) is 10.8. The Bertz CT molecular complexity index is 966. The normalized spacial score (nSPS) is 16.4. The molecule has 2 aromatic rings. The molecule has 1 aliphatic rings. The molecule has 0 aromatic carbocycles. The maximum absolute atomic E-state index is 12.9. The van der Waals surface area contributed by atoms with E-state index < -0.39 is 30.6 Å². The van der Waals surface area contributed by atoms with E-state index in [1.54, 1.807) is 6.92 Å². The third-order valence-corrected chi connectivity index (χ3v) is 5.03. The van der Waals surface area contributed by atoms with Crippen molar-refractivity contribution < 1.29 is 23.0 Å². The molecule has 0 aliphatic carbocycles. The minimum absolute atomic E-state index is 0. The standard InChI is InChI=1S/C19H22F3N7O2.ClH/c1-12-25-9-14(17(27-12)13-5-7-24-8-6-13)18(30,10-26-29-23)11-31-16-4-2-3-15(28-16)19(20,21)22;/h2-4,9,13,24,30H,5-8,10-11H2,1H3;1H. The number of aromatic nitrogens is 3. The molecule has 2 N–H and O–H groups in total. The zero-order valence-electron chi connectivity index (χ0n) is 17.2. The molecule has 1 aliphatic heterocycles. The fourth-order valence-electron chi connectivity index (χ4n) is 3.46. The molecule has 3 heterocycles. The Morgan fingerprint density at radius 3 is 2.66 bits per heavy atom. The van der Waals surface area contributed by atoms with Gasteiger partial charge in [-0.2, -0.15) is 13.2 Å². The van der Waals surface area contributed by atoms with Crippen LogP contribution in [0.4, 0.5) is 13.2 Å². The van der Waals surface area contributed by atoms with Gasteiger partial charge >= 0.3 is 6.18 Å². The zero-order valence-corrected chi connectivity index (χ0v) is 18.0. The van der Waals surface area contributed by atoms with Gasteiger partial charge < -0.3 is 15.2 Å². The van der Waals surface area contributed by atoms with Crippen LogP contribution in [0.5, 0.6) is 5.88 Å². The van der Waals surface area contributed by atoms with Crippen molar-refractivity contribution in [2.45, 2.75) is 37.5 Å². The van der Waals surface area contributed by atoms with Crippen LogP contribution < -0.4 is 10.1 Å². The average Bonchev–Trinajstić information content (AvgIpc) is 2.76. The summed E-state index contributed by atoms with van der Waals surface area (Å²) in [5, 5.41) is 18.1. The van der Waals surface area contributed by atoms with Gasteiger partial charge in [0.05, 0.1) is 12.2 Å². The van der Waals surface area contributed by atoms with Gasteiger partial charge in [0, 0.05) is 28.7 Å². The van der Waals surface area contributed by atoms with Crippen molar-refractivity contribution in [1.29, 1.82) is 0 Å². The number of hydrogen-bond acceptors (Lipinski definition) is 7. The molecule has 2 aromatic heterocycles. The first-order valence-corrected chi connectivity index (χ1v) is 9.68. The quantitative estimate of drug-likeness (QED) is 0.358. The topological polar surface area (TPSA) is 129 Å². The minimum Gasteiger partial charge on any atom is -0.474 e. The highest BCUT2D eigenvalue weighted by molar-refractivity contribution is 5.85. The predicted octanol–water partition coefficient (Wildman–Crippen LogP) is 3.66. The average molecular weight is 474 g/mol. The summed E-state index contributed by atoms with van der Waals surface area (Å²) in [6.45, 7) is 2.39. The third kappa shape index (κ3) is 6.19. The monoisotopic (exact) mass is 473 g/mol. The van der Waals surface area contributed by atoms with Crippen molar-refractivity contribution in [3.8, 4) is 5.88 Å². The lowest BCUT2D eigenvalue weighted by atomic mass is 9.85. The number of pyridine rings is 1. The Hall–Kier alpha value is -2.66. The minimum atomic E-state index is -4.63. The highest BCUT2D eigenvalue weighted by Crippen LogP contribution is 2.34. The van der Waals surface area contributed by atoms with Crippen LogP contribution in [0.2, 0.25) is 0 Å². The summed E-state index contributed by atoms with van der Waals surface area (Å²) in [4.78, 5) is 14.8. The van der Waals surface area contributed by atoms with Gasteiger partial charge in [-0.1, -0.05) is 11.2 Å². The van der Waals surface area contributed by atoms with Crippen molar-refractivity contribution >= 4 is 12.4 Å². The Labute approximate surface area is 188 Å². The van der Waals surface area contributed by atoms with Gasteiger partial charge in [0.2, 0.25) is 5.88 Å². The van der Waals surface area contributed by atoms with Crippen molar-refractivity contribution in [3.05, 3.63) is 57.6 Å². The van der Waals surface area contributed by atoms with E-state index in [1.807, 2.05) is 0 Å². The van der Waals surface area contributed by atoms with Gasteiger partial charge in [-0.25, -0.2) is 15.0 Å². The summed E-state index contributed by atoms with van der Waals surface area (Å²) < 4.78 is 44.2. The molecular weight excluding hydrogens is 451 g/mol. The van der Waals surface area contributed by atoms with Gasteiger partial charge in [0.15, 0.2) is 0 Å². The van der Waals surface area contributed by atoms with Crippen LogP contribution in [-0.4, -0.2) is 46.3 Å². The molecule has 1 fully saturated rings. The number of nitrogens with one attached hydrogen (secondary N) is 1. The summed E-state index contributed by atoms with van der Waals surface area (Å²) in [6, 6.07) is 3.23. The van der Waals surface area contributed by atoms with Crippen molar-refractivity contribution in [3.63, 3.8) is 0 Å². The lowest BCUT2D eigenvalue weighted by Crippen LogP contribution is -2.39. The van der Waals surface area contributed by atoms with E-state index in [-0.39, 0.29) is 24.2 Å². The van der Waals surface area contributed by atoms with Gasteiger partial charge in [-0.05, 0) is 44.5 Å². The Kier molecular flexibility index (Phi) is 8.62. The van der Waals surface area contributed by atoms with Crippen molar-refractivity contribution in [2.75, 3.05) is 26.2 Å². The Morgan fingerprint density at radius 1 is 1.28 bits per heavy atom. The molecule has 3 rings (SSSR count). The smallest absolute Gasteiger partial charge is 0.433 e. The van der Waals surface area contributed by atoms with E-state index >= 15 is 0 Å². The molecule has 0 amide bonds. The van der Waals surface area contributed by atoms with Gasteiger partial charge in [0.25, 0.3) is 0 Å². The molecule has 0 saturated carbocycles. The highest BCUT2D eigenvalue weighted by atomic mass is 35.5. The summed E-state index contributed by atoms with van der Waals surface area (Å²) >= 11 is 0. The first kappa shape index (κ1) is 25.6. The molecule has 1 atom stereocenters. The second-order valence-corrected chi connectivity index (χ2v) is 7.31. The highest BCUT2D eigenvalue weighted by Gasteiger charge is 2.37. The fraction of sp³-hybridized carbons (Fsp3) is 0.526. The molecule has 0 spiro atoms. The first-order chi connectivity index (χ1) is 14.7. The summed E-state index contributed by atoms with van der Waals surface area (Å²) in [5.41, 5.74) is 6.75. The summed E-state index contributed by atoms with van der Waals surface area (Å²) in [6.07, 6.45) is -1.60. The van der Waals surface area contributed by atoms with Gasteiger partial charge in [-0.15, -0.1) is 12.4 Å². The molecule has 0 bridgehead atoms. The number of azide groups is 1. The van der Waals surface area contributed by atoms with Crippen LogP contribution in [-0.2, 0) is 11.8 Å². The molecule has 0 radical (unpaired) electrons. The maximum atomic E-state index is 12.9. The van der Waals surface area contributed by atoms with E-state index in [2.05, 4.69) is 30.3 Å². The maximum Gasteiger partial charge on any atom is 0.433 e. The van der Waals surface area contributed by atoms with Gasteiger partial charge in [-0.3, -0.25) is 0 Å². The van der Waals surface area contributed by atoms with Crippen LogP contribution in [0.3, 0.4) is 0 Å². The SMILES string of the molecule is Cc1ncc(C(O)(CN=[N+]=[N-])COc2cccc(C(F)(F)F)n2)c(C2CCNCC2)n1.Cl. The number of rotatable bonds is 7. The molecule has 174 valence electrons. The molecule has 13 heteroatoms. The lowest BCUT2D eigenvalue weighted by Gasteiger charge is -2.31. The zero-order chi connectivity index (χ0) is 22.5. The van der Waals surface area contributed by atoms with Crippen molar-refractivity contribution in [1.82, 2.24) is 20.3 Å². The van der Waals surface area contributed by atoms with E-state index in [4.69, 9.17) is 10.3 Å². The number of alkyl halides is 3. The number of aliphatic hydroxyl groups is 1. The van der Waals surface area contributed by atoms with E-state index in [1.165, 1.54) is 12.3 Å². The lowest BCUT2D eigenvalue weighted by molar-refractivity contribution is -0.141. The molecule has 32 heavy (non-hydrogen) atoms. The summed E-state index contributed by atoms with van der Waals surface area (Å²) in [5.74, 6) is 0.247. The second-order valence-electron chi connectivity index (χ2n) is 7.31. The first-order valence-electron chi connectivity index (χ1n) is 9.68. The van der Waals surface area contributed by atoms with E-state index in [9.17, 15) is 18.3 Å². The van der Waals surface area contributed by atoms with E-state index in [0.717, 1.165) is 38.1 Å². The largest absolute Gasteiger partial charge is 0.474 e. The number of piperidine rings is 1. The molecule has 1 unspecified atom stereocenters. The van der Waals surface area contributed by atoms with Crippen LogP contribution in [0.1, 0.15) is 41.5 Å².